The van der Waals surface area contributed by atoms with Gasteiger partial charge in [-0.3, -0.25) is 0 Å². The highest BCUT2D eigenvalue weighted by Crippen LogP contribution is 2.33. The molecular weight excluding hydrogens is 152 g/mol. The second kappa shape index (κ2) is 2.90. The fourth-order valence-corrected chi connectivity index (χ4v) is 5.89. The van der Waals surface area contributed by atoms with E-state index in [2.05, 4.69) is 27.3 Å². The van der Waals surface area contributed by atoms with Crippen molar-refractivity contribution in [3.8, 4) is 0 Å². The minimum absolute atomic E-state index is 0.0886. The summed E-state index contributed by atoms with van der Waals surface area (Å²) in [5, 5.41) is 0. The lowest BCUT2D eigenvalue weighted by Gasteiger charge is -2.31. The van der Waals surface area contributed by atoms with Crippen LogP contribution in [-0.4, -0.2) is 13.9 Å². The molecule has 1 rings (SSSR count). The van der Waals surface area contributed by atoms with E-state index in [1.54, 1.807) is 0 Å². The largest absolute Gasteiger partial charge is 0.412 e. The van der Waals surface area contributed by atoms with Crippen LogP contribution in [-0.2, 0) is 4.43 Å². The first-order valence-corrected chi connectivity index (χ1v) is 7.44. The van der Waals surface area contributed by atoms with Gasteiger partial charge in [-0.15, -0.1) is 0 Å². The Morgan fingerprint density at radius 3 is 1.91 bits per heavy atom. The smallest absolute Gasteiger partial charge is 0.190 e. The standard InChI is InChI=1S/C9H20OSi/c1-9(2,3)10-11(4)7-5-6-8-11/h5-8H2,1-4H3. The number of hydrogen-bond acceptors (Lipinski definition) is 1. The molecule has 0 atom stereocenters. The van der Waals surface area contributed by atoms with Crippen LogP contribution in [0.4, 0.5) is 0 Å². The Hall–Kier alpha value is 0.177. The summed E-state index contributed by atoms with van der Waals surface area (Å²) in [6, 6.07) is 2.76. The summed E-state index contributed by atoms with van der Waals surface area (Å²) in [7, 11) is -1.22. The van der Waals surface area contributed by atoms with E-state index in [9.17, 15) is 0 Å². The van der Waals surface area contributed by atoms with E-state index >= 15 is 0 Å². The molecule has 0 N–H and O–H groups in total. The van der Waals surface area contributed by atoms with Crippen molar-refractivity contribution < 1.29 is 4.43 Å². The first-order valence-electron chi connectivity index (χ1n) is 4.62. The SMILES string of the molecule is CC(C)(C)O[Si]1(C)CCCC1. The van der Waals surface area contributed by atoms with Crippen LogP contribution in [0.5, 0.6) is 0 Å². The molecule has 66 valence electrons. The van der Waals surface area contributed by atoms with Gasteiger partial charge in [0.1, 0.15) is 0 Å². The van der Waals surface area contributed by atoms with Gasteiger partial charge in [0.15, 0.2) is 8.32 Å². The van der Waals surface area contributed by atoms with Crippen LogP contribution in [0.15, 0.2) is 0 Å². The molecule has 1 saturated heterocycles. The van der Waals surface area contributed by atoms with E-state index in [1.165, 1.54) is 24.9 Å². The predicted molar refractivity (Wildman–Crippen MR) is 51.3 cm³/mol. The normalized spacial score (nSPS) is 24.0. The average Bonchev–Trinajstić information content (AvgIpc) is 2.09. The van der Waals surface area contributed by atoms with Gasteiger partial charge in [-0.25, -0.2) is 0 Å². The lowest BCUT2D eigenvalue weighted by molar-refractivity contribution is 0.120. The molecule has 0 aliphatic carbocycles. The fraction of sp³-hybridized carbons (Fsp3) is 1.00. The quantitative estimate of drug-likeness (QED) is 0.552. The van der Waals surface area contributed by atoms with Gasteiger partial charge >= 0.3 is 0 Å². The Balaban J connectivity index is 2.46. The molecule has 1 nitrogen and oxygen atoms in total. The van der Waals surface area contributed by atoms with Gasteiger partial charge < -0.3 is 4.43 Å². The number of rotatable bonds is 1. The Labute approximate surface area is 71.3 Å². The van der Waals surface area contributed by atoms with Crippen molar-refractivity contribution in [1.82, 2.24) is 0 Å². The van der Waals surface area contributed by atoms with E-state index in [0.29, 0.717) is 0 Å². The highest BCUT2D eigenvalue weighted by atomic mass is 28.4. The van der Waals surface area contributed by atoms with Crippen molar-refractivity contribution in [2.24, 2.45) is 0 Å². The fourth-order valence-electron chi connectivity index (χ4n) is 1.96. The molecule has 0 aromatic heterocycles. The van der Waals surface area contributed by atoms with Crippen LogP contribution in [0.3, 0.4) is 0 Å². The maximum atomic E-state index is 6.12. The average molecular weight is 172 g/mol. The zero-order chi connectivity index (χ0) is 8.54. The van der Waals surface area contributed by atoms with Crippen LogP contribution >= 0.6 is 0 Å². The van der Waals surface area contributed by atoms with E-state index in [-0.39, 0.29) is 5.60 Å². The van der Waals surface area contributed by atoms with Crippen LogP contribution < -0.4 is 0 Å². The van der Waals surface area contributed by atoms with Gasteiger partial charge in [0.25, 0.3) is 0 Å². The van der Waals surface area contributed by atoms with Crippen LogP contribution in [0.1, 0.15) is 33.6 Å². The van der Waals surface area contributed by atoms with Crippen molar-refractivity contribution in [3.05, 3.63) is 0 Å². The molecule has 1 heterocycles. The molecule has 0 unspecified atom stereocenters. The van der Waals surface area contributed by atoms with Gasteiger partial charge in [0.05, 0.1) is 0 Å². The van der Waals surface area contributed by atoms with Gasteiger partial charge in [-0.2, -0.15) is 0 Å². The monoisotopic (exact) mass is 172 g/mol. The number of hydrogen-bond donors (Lipinski definition) is 0. The van der Waals surface area contributed by atoms with Crippen molar-refractivity contribution in [1.29, 1.82) is 0 Å². The molecule has 1 aliphatic rings. The van der Waals surface area contributed by atoms with E-state index in [0.717, 1.165) is 0 Å². The molecule has 0 amide bonds. The molecule has 11 heavy (non-hydrogen) atoms. The second-order valence-electron chi connectivity index (χ2n) is 4.87. The third-order valence-corrected chi connectivity index (χ3v) is 6.14. The van der Waals surface area contributed by atoms with Gasteiger partial charge in [0.2, 0.25) is 0 Å². The molecule has 1 fully saturated rings. The molecule has 2 heteroatoms. The zero-order valence-electron chi connectivity index (χ0n) is 8.24. The topological polar surface area (TPSA) is 9.23 Å². The second-order valence-corrected chi connectivity index (χ2v) is 8.98. The van der Waals surface area contributed by atoms with Gasteiger partial charge in [-0.05, 0) is 39.4 Å². The first-order chi connectivity index (χ1) is 4.91. The summed E-state index contributed by atoms with van der Waals surface area (Å²) in [4.78, 5) is 0. The molecular formula is C9H20OSi. The molecule has 0 saturated carbocycles. The maximum Gasteiger partial charge on any atom is 0.190 e. The Morgan fingerprint density at radius 2 is 1.55 bits per heavy atom. The van der Waals surface area contributed by atoms with E-state index in [1.807, 2.05) is 0 Å². The Kier molecular flexibility index (Phi) is 2.45. The van der Waals surface area contributed by atoms with Gasteiger partial charge in [-0.1, -0.05) is 12.8 Å². The Bertz CT molecular complexity index is 131. The molecule has 0 aromatic rings. The first kappa shape index (κ1) is 9.27. The summed E-state index contributed by atoms with van der Waals surface area (Å²) in [6.07, 6.45) is 2.80. The van der Waals surface area contributed by atoms with Crippen LogP contribution in [0.25, 0.3) is 0 Å². The van der Waals surface area contributed by atoms with E-state index < -0.39 is 8.32 Å². The molecule has 0 spiro atoms. The minimum atomic E-state index is -1.22. The van der Waals surface area contributed by atoms with Crippen molar-refractivity contribution >= 4 is 8.32 Å². The summed E-state index contributed by atoms with van der Waals surface area (Å²) in [6.45, 7) is 8.89. The Morgan fingerprint density at radius 1 is 1.09 bits per heavy atom. The maximum absolute atomic E-state index is 6.12. The summed E-state index contributed by atoms with van der Waals surface area (Å²) in [5.74, 6) is 0. The van der Waals surface area contributed by atoms with Crippen molar-refractivity contribution in [3.63, 3.8) is 0 Å². The lowest BCUT2D eigenvalue weighted by Crippen LogP contribution is -2.39. The minimum Gasteiger partial charge on any atom is -0.412 e. The molecule has 0 aromatic carbocycles. The van der Waals surface area contributed by atoms with Crippen molar-refractivity contribution in [2.45, 2.75) is 57.8 Å². The molecule has 0 radical (unpaired) electrons. The lowest BCUT2D eigenvalue weighted by atomic mass is 10.2. The summed E-state index contributed by atoms with van der Waals surface area (Å²) >= 11 is 0. The molecule has 1 aliphatic heterocycles. The van der Waals surface area contributed by atoms with Crippen LogP contribution in [0, 0.1) is 0 Å². The highest BCUT2D eigenvalue weighted by molar-refractivity contribution is 6.73. The third kappa shape index (κ3) is 2.95. The third-order valence-electron chi connectivity index (χ3n) is 2.21. The summed E-state index contributed by atoms with van der Waals surface area (Å²) < 4.78 is 6.12. The van der Waals surface area contributed by atoms with Gasteiger partial charge in [0, 0.05) is 5.60 Å². The zero-order valence-corrected chi connectivity index (χ0v) is 9.24. The summed E-state index contributed by atoms with van der Waals surface area (Å²) in [5.41, 5.74) is 0.0886. The van der Waals surface area contributed by atoms with Crippen LogP contribution in [0.2, 0.25) is 18.6 Å². The predicted octanol–water partition coefficient (Wildman–Crippen LogP) is 3.17. The van der Waals surface area contributed by atoms with Crippen molar-refractivity contribution in [2.75, 3.05) is 0 Å². The van der Waals surface area contributed by atoms with E-state index in [4.69, 9.17) is 4.43 Å². The molecule has 0 bridgehead atoms. The highest BCUT2D eigenvalue weighted by Gasteiger charge is 2.36.